The van der Waals surface area contributed by atoms with Crippen molar-refractivity contribution in [3.8, 4) is 5.75 Å². The Morgan fingerprint density at radius 1 is 0.970 bits per heavy atom. The predicted octanol–water partition coefficient (Wildman–Crippen LogP) is 3.44. The molecule has 3 rings (SSSR count). The summed E-state index contributed by atoms with van der Waals surface area (Å²) < 4.78 is 11.0. The molecule has 2 amide bonds. The molecule has 1 heterocycles. The molecule has 33 heavy (non-hydrogen) atoms. The average Bonchev–Trinajstić information content (AvgIpc) is 2.81. The molecule has 7 heteroatoms. The van der Waals surface area contributed by atoms with Crippen LogP contribution in [0.25, 0.3) is 0 Å². The Morgan fingerprint density at radius 3 is 2.12 bits per heavy atom. The molecule has 176 valence electrons. The number of piperidine rings is 1. The summed E-state index contributed by atoms with van der Waals surface area (Å²) >= 11 is 0. The van der Waals surface area contributed by atoms with Gasteiger partial charge in [0, 0.05) is 19.0 Å². The summed E-state index contributed by atoms with van der Waals surface area (Å²) in [6.45, 7) is 7.44. The van der Waals surface area contributed by atoms with Gasteiger partial charge in [0.1, 0.15) is 12.4 Å². The van der Waals surface area contributed by atoms with E-state index in [1.165, 1.54) is 5.56 Å². The Hall–Kier alpha value is -3.35. The highest BCUT2D eigenvalue weighted by Crippen LogP contribution is 2.24. The van der Waals surface area contributed by atoms with Gasteiger partial charge in [-0.15, -0.1) is 0 Å². The lowest BCUT2D eigenvalue weighted by Crippen LogP contribution is -2.43. The number of hydrogen-bond donors (Lipinski definition) is 1. The number of carbonyl (C=O) groups is 3. The molecule has 2 aromatic carbocycles. The Kier molecular flexibility index (Phi) is 7.74. The lowest BCUT2D eigenvalue weighted by atomic mass is 9.87. The largest absolute Gasteiger partial charge is 0.489 e. The Balaban J connectivity index is 1.44. The fourth-order valence-corrected chi connectivity index (χ4v) is 3.67. The van der Waals surface area contributed by atoms with Gasteiger partial charge in [0.2, 0.25) is 5.91 Å². The fourth-order valence-electron chi connectivity index (χ4n) is 3.67. The van der Waals surface area contributed by atoms with E-state index in [-0.39, 0.29) is 29.8 Å². The van der Waals surface area contributed by atoms with Gasteiger partial charge in [-0.1, -0.05) is 45.0 Å². The van der Waals surface area contributed by atoms with Crippen molar-refractivity contribution in [2.45, 2.75) is 45.6 Å². The number of ether oxygens (including phenoxy) is 2. The maximum absolute atomic E-state index is 12.3. The number of rotatable bonds is 7. The molecular weight excluding hydrogens is 420 g/mol. The molecule has 0 spiro atoms. The molecule has 0 unspecified atom stereocenters. The van der Waals surface area contributed by atoms with Crippen LogP contribution in [0.5, 0.6) is 5.75 Å². The summed E-state index contributed by atoms with van der Waals surface area (Å²) in [6.07, 6.45) is 1.08. The highest BCUT2D eigenvalue weighted by atomic mass is 16.5. The zero-order valence-corrected chi connectivity index (χ0v) is 19.5. The zero-order chi connectivity index (χ0) is 24.0. The van der Waals surface area contributed by atoms with Gasteiger partial charge in [-0.3, -0.25) is 9.59 Å². The van der Waals surface area contributed by atoms with E-state index in [0.717, 1.165) is 11.3 Å². The first-order valence-corrected chi connectivity index (χ1v) is 11.2. The second-order valence-electron chi connectivity index (χ2n) is 9.39. The van der Waals surface area contributed by atoms with Crippen LogP contribution in [0, 0.1) is 5.92 Å². The minimum Gasteiger partial charge on any atom is -0.489 e. The molecule has 0 aromatic heterocycles. The smallest absolute Gasteiger partial charge is 0.338 e. The van der Waals surface area contributed by atoms with Gasteiger partial charge in [0.25, 0.3) is 5.91 Å². The monoisotopic (exact) mass is 452 g/mol. The molecule has 7 nitrogen and oxygen atoms in total. The van der Waals surface area contributed by atoms with Crippen molar-refractivity contribution in [1.29, 1.82) is 0 Å². The van der Waals surface area contributed by atoms with Crippen LogP contribution < -0.4 is 10.5 Å². The van der Waals surface area contributed by atoms with Crippen LogP contribution in [-0.4, -0.2) is 42.4 Å². The van der Waals surface area contributed by atoms with Crippen molar-refractivity contribution >= 4 is 17.8 Å². The Labute approximate surface area is 194 Å². The maximum Gasteiger partial charge on any atom is 0.338 e. The normalized spacial score (nSPS) is 14.6. The first-order valence-electron chi connectivity index (χ1n) is 11.2. The number of carbonyl (C=O) groups excluding carboxylic acids is 3. The van der Waals surface area contributed by atoms with Crippen molar-refractivity contribution in [2.24, 2.45) is 11.7 Å². The highest BCUT2D eigenvalue weighted by Gasteiger charge is 2.26. The van der Waals surface area contributed by atoms with E-state index in [2.05, 4.69) is 32.9 Å². The molecule has 2 aromatic rings. The van der Waals surface area contributed by atoms with E-state index in [1.807, 2.05) is 12.1 Å². The number of benzene rings is 2. The second kappa shape index (κ2) is 10.5. The number of hydrogen-bond acceptors (Lipinski definition) is 5. The van der Waals surface area contributed by atoms with Crippen molar-refractivity contribution in [2.75, 3.05) is 19.7 Å². The quantitative estimate of drug-likeness (QED) is 0.649. The van der Waals surface area contributed by atoms with Crippen molar-refractivity contribution < 1.29 is 23.9 Å². The fraction of sp³-hybridized carbons (Fsp3) is 0.423. The molecule has 1 aliphatic heterocycles. The summed E-state index contributed by atoms with van der Waals surface area (Å²) in [4.78, 5) is 37.4. The molecule has 2 N–H and O–H groups in total. The van der Waals surface area contributed by atoms with Crippen LogP contribution in [-0.2, 0) is 26.3 Å². The zero-order valence-electron chi connectivity index (χ0n) is 19.5. The molecule has 0 saturated carbocycles. The molecule has 1 saturated heterocycles. The summed E-state index contributed by atoms with van der Waals surface area (Å²) in [6, 6.07) is 15.0. The Bertz CT molecular complexity index is 969. The lowest BCUT2D eigenvalue weighted by molar-refractivity contribution is -0.137. The standard InChI is InChI=1S/C26H32N2O5/c1-26(2,3)21-8-10-22(11-9-21)32-16-18-4-6-20(7-5-18)25(31)33-17-23(29)28-14-12-19(13-15-28)24(27)30/h4-11,19H,12-17H2,1-3H3,(H2,27,30). The van der Waals surface area contributed by atoms with Crippen LogP contribution >= 0.6 is 0 Å². The average molecular weight is 453 g/mol. The summed E-state index contributed by atoms with van der Waals surface area (Å²) in [5.41, 5.74) is 7.93. The van der Waals surface area contributed by atoms with E-state index in [9.17, 15) is 14.4 Å². The third-order valence-corrected chi connectivity index (χ3v) is 5.89. The molecule has 0 bridgehead atoms. The first kappa shape index (κ1) is 24.3. The van der Waals surface area contributed by atoms with Crippen molar-refractivity contribution in [3.63, 3.8) is 0 Å². The highest BCUT2D eigenvalue weighted by molar-refractivity contribution is 5.91. The number of likely N-dealkylation sites (tertiary alicyclic amines) is 1. The van der Waals surface area contributed by atoms with Crippen molar-refractivity contribution in [1.82, 2.24) is 4.90 Å². The molecular formula is C26H32N2O5. The molecule has 0 aliphatic carbocycles. The summed E-state index contributed by atoms with van der Waals surface area (Å²) in [5, 5.41) is 0. The molecule has 1 aliphatic rings. The number of nitrogens with zero attached hydrogens (tertiary/aromatic N) is 1. The predicted molar refractivity (Wildman–Crippen MR) is 125 cm³/mol. The summed E-state index contributed by atoms with van der Waals surface area (Å²) in [7, 11) is 0. The van der Waals surface area contributed by atoms with Gasteiger partial charge in [0.05, 0.1) is 5.56 Å². The van der Waals surface area contributed by atoms with E-state index in [1.54, 1.807) is 29.2 Å². The van der Waals surface area contributed by atoms with Gasteiger partial charge in [-0.05, 0) is 53.6 Å². The van der Waals surface area contributed by atoms with E-state index in [4.69, 9.17) is 15.2 Å². The minimum atomic E-state index is -0.555. The Morgan fingerprint density at radius 2 is 1.58 bits per heavy atom. The molecule has 1 fully saturated rings. The lowest BCUT2D eigenvalue weighted by Gasteiger charge is -2.30. The van der Waals surface area contributed by atoms with Crippen LogP contribution in [0.3, 0.4) is 0 Å². The number of esters is 1. The van der Waals surface area contributed by atoms with Crippen LogP contribution in [0.1, 0.15) is 55.1 Å². The van der Waals surface area contributed by atoms with Gasteiger partial charge in [-0.25, -0.2) is 4.79 Å². The molecule has 0 radical (unpaired) electrons. The maximum atomic E-state index is 12.3. The van der Waals surface area contributed by atoms with Crippen LogP contribution in [0.4, 0.5) is 0 Å². The van der Waals surface area contributed by atoms with Crippen LogP contribution in [0.15, 0.2) is 48.5 Å². The van der Waals surface area contributed by atoms with Gasteiger partial charge in [0.15, 0.2) is 6.61 Å². The van der Waals surface area contributed by atoms with E-state index >= 15 is 0 Å². The first-order chi connectivity index (χ1) is 15.6. The third kappa shape index (κ3) is 6.81. The SMILES string of the molecule is CC(C)(C)c1ccc(OCc2ccc(C(=O)OCC(=O)N3CCC(C(N)=O)CC3)cc2)cc1. The molecule has 0 atom stereocenters. The summed E-state index contributed by atoms with van der Waals surface area (Å²) in [5.74, 6) is -0.568. The minimum absolute atomic E-state index is 0.0926. The number of nitrogens with two attached hydrogens (primary N) is 1. The number of primary amides is 1. The van der Waals surface area contributed by atoms with Crippen LogP contribution in [0.2, 0.25) is 0 Å². The van der Waals surface area contributed by atoms with Gasteiger partial charge in [-0.2, -0.15) is 0 Å². The number of amides is 2. The van der Waals surface area contributed by atoms with Crippen molar-refractivity contribution in [3.05, 3.63) is 65.2 Å². The third-order valence-electron chi connectivity index (χ3n) is 5.89. The topological polar surface area (TPSA) is 98.9 Å². The second-order valence-corrected chi connectivity index (χ2v) is 9.39. The van der Waals surface area contributed by atoms with E-state index < -0.39 is 5.97 Å². The van der Waals surface area contributed by atoms with Gasteiger partial charge >= 0.3 is 5.97 Å². The van der Waals surface area contributed by atoms with Gasteiger partial charge < -0.3 is 20.1 Å². The van der Waals surface area contributed by atoms with E-state index in [0.29, 0.717) is 38.1 Å².